The van der Waals surface area contributed by atoms with Gasteiger partial charge in [-0.3, -0.25) is 19.2 Å². The maximum Gasteiger partial charge on any atom is 0.411 e. The van der Waals surface area contributed by atoms with Crippen LogP contribution in [0.1, 0.15) is 55.9 Å². The molecule has 10 heteroatoms. The number of hydrogen-bond donors (Lipinski definition) is 0. The fraction of sp³-hybridized carbons (Fsp3) is 0.478. The van der Waals surface area contributed by atoms with Crippen molar-refractivity contribution in [3.8, 4) is 5.69 Å². The van der Waals surface area contributed by atoms with Crippen molar-refractivity contribution in [1.82, 2.24) is 24.3 Å². The van der Waals surface area contributed by atoms with E-state index in [1.807, 2.05) is 61.4 Å². The van der Waals surface area contributed by atoms with E-state index in [1.165, 1.54) is 0 Å². The van der Waals surface area contributed by atoms with Gasteiger partial charge in [0.2, 0.25) is 0 Å². The molecule has 0 bridgehead atoms. The smallest absolute Gasteiger partial charge is 0.411 e. The van der Waals surface area contributed by atoms with Crippen molar-refractivity contribution in [2.75, 3.05) is 27.0 Å². The number of benzene rings is 1. The number of rotatable bonds is 5. The Morgan fingerprint density at radius 2 is 2.03 bits per heavy atom. The average molecular weight is 455 g/mol. The Morgan fingerprint density at radius 1 is 1.27 bits per heavy atom. The first kappa shape index (κ1) is 22.6. The number of imidazole rings is 1. The Balaban J connectivity index is 1.64. The van der Waals surface area contributed by atoms with Gasteiger partial charge in [-0.2, -0.15) is 0 Å². The maximum absolute atomic E-state index is 12.9. The van der Waals surface area contributed by atoms with E-state index in [9.17, 15) is 9.59 Å². The van der Waals surface area contributed by atoms with E-state index in [-0.39, 0.29) is 19.3 Å². The van der Waals surface area contributed by atoms with Crippen LogP contribution < -0.4 is 0 Å². The van der Waals surface area contributed by atoms with E-state index >= 15 is 0 Å². The highest BCUT2D eigenvalue weighted by Crippen LogP contribution is 2.27. The molecule has 0 aliphatic carbocycles. The van der Waals surface area contributed by atoms with Gasteiger partial charge in [-0.25, -0.2) is 9.78 Å². The van der Waals surface area contributed by atoms with Gasteiger partial charge in [-0.05, 0) is 39.3 Å². The van der Waals surface area contributed by atoms with Gasteiger partial charge in [0, 0.05) is 13.6 Å². The minimum Gasteiger partial charge on any atom is -0.444 e. The Bertz CT molecular complexity index is 1090. The van der Waals surface area contributed by atoms with Crippen LogP contribution in [-0.2, 0) is 16.1 Å². The largest absolute Gasteiger partial charge is 0.444 e. The van der Waals surface area contributed by atoms with Crippen molar-refractivity contribution in [3.05, 3.63) is 47.5 Å². The average Bonchev–Trinajstić information content (AvgIpc) is 3.35. The molecule has 0 saturated heterocycles. The molecule has 0 saturated carbocycles. The van der Waals surface area contributed by atoms with Gasteiger partial charge in [0.15, 0.2) is 12.6 Å². The Hall–Kier alpha value is -3.56. The molecule has 10 nitrogen and oxygen atoms in total. The zero-order chi connectivity index (χ0) is 23.8. The number of para-hydroxylation sites is 1. The van der Waals surface area contributed by atoms with E-state index < -0.39 is 11.7 Å². The molecular weight excluding hydrogens is 424 g/mol. The molecule has 2 amide bonds. The molecule has 0 N–H and O–H groups in total. The number of amides is 2. The van der Waals surface area contributed by atoms with Crippen LogP contribution in [-0.4, -0.2) is 74.7 Å². The van der Waals surface area contributed by atoms with Gasteiger partial charge in [0.25, 0.3) is 5.91 Å². The second-order valence-corrected chi connectivity index (χ2v) is 9.19. The van der Waals surface area contributed by atoms with Gasteiger partial charge < -0.3 is 14.5 Å². The summed E-state index contributed by atoms with van der Waals surface area (Å²) in [5.74, 6) is 0.467. The van der Waals surface area contributed by atoms with E-state index in [0.29, 0.717) is 30.2 Å². The molecule has 1 aromatic carbocycles. The fourth-order valence-corrected chi connectivity index (χ4v) is 3.89. The van der Waals surface area contributed by atoms with E-state index in [2.05, 4.69) is 10.1 Å². The number of nitrogens with zero attached hydrogens (tertiary/aromatic N) is 6. The summed E-state index contributed by atoms with van der Waals surface area (Å²) in [7, 11) is 1.77. The summed E-state index contributed by atoms with van der Waals surface area (Å²) in [5, 5.41) is 4.23. The van der Waals surface area contributed by atoms with Crippen LogP contribution in [0.5, 0.6) is 0 Å². The van der Waals surface area contributed by atoms with E-state index in [4.69, 9.17) is 9.57 Å². The zero-order valence-corrected chi connectivity index (χ0v) is 19.7. The quantitative estimate of drug-likeness (QED) is 0.690. The minimum atomic E-state index is -0.590. The molecule has 2 aliphatic heterocycles. The number of hydrogen-bond acceptors (Lipinski definition) is 7. The van der Waals surface area contributed by atoms with Gasteiger partial charge in [0.05, 0.1) is 23.5 Å². The van der Waals surface area contributed by atoms with Crippen molar-refractivity contribution in [1.29, 1.82) is 0 Å². The highest BCUT2D eigenvalue weighted by molar-refractivity contribution is 6.01. The Kier molecular flexibility index (Phi) is 6.01. The van der Waals surface area contributed by atoms with Crippen LogP contribution in [0.4, 0.5) is 4.79 Å². The standard InChI is InChI=1S/C23H30N6O4/c1-6-11-27(22(31)33-23(2,3)4)14-28-15-32-25-20(28)19-18-12-26(5)21(30)16-9-7-8-10-17(16)29(18)13-24-19/h7-10,13H,6,11-12,14-15H2,1-5H3. The molecule has 0 fully saturated rings. The van der Waals surface area contributed by atoms with Crippen LogP contribution in [0.2, 0.25) is 0 Å². The second-order valence-electron chi connectivity index (χ2n) is 9.19. The lowest BCUT2D eigenvalue weighted by atomic mass is 10.1. The third-order valence-electron chi connectivity index (χ3n) is 5.36. The number of carbonyl (C=O) groups excluding carboxylic acids is 2. The monoisotopic (exact) mass is 454 g/mol. The maximum atomic E-state index is 12.9. The predicted octanol–water partition coefficient (Wildman–Crippen LogP) is 3.01. The molecule has 33 heavy (non-hydrogen) atoms. The zero-order valence-electron chi connectivity index (χ0n) is 19.7. The third-order valence-corrected chi connectivity index (χ3v) is 5.36. The summed E-state index contributed by atoms with van der Waals surface area (Å²) in [6.45, 7) is 8.87. The van der Waals surface area contributed by atoms with Crippen molar-refractivity contribution in [2.45, 2.75) is 46.3 Å². The SMILES string of the molecule is CCCN(CN1CON=C1c1ncn2c1CN(C)C(=O)c1ccccc1-2)C(=O)OC(C)(C)C. The summed E-state index contributed by atoms with van der Waals surface area (Å²) in [5.41, 5.74) is 2.23. The molecule has 0 unspecified atom stereocenters. The van der Waals surface area contributed by atoms with Crippen molar-refractivity contribution in [3.63, 3.8) is 0 Å². The van der Waals surface area contributed by atoms with Crippen LogP contribution in [0.3, 0.4) is 0 Å². The summed E-state index contributed by atoms with van der Waals surface area (Å²) >= 11 is 0. The molecule has 0 spiro atoms. The molecule has 2 aromatic rings. The predicted molar refractivity (Wildman–Crippen MR) is 122 cm³/mol. The fourth-order valence-electron chi connectivity index (χ4n) is 3.89. The molecule has 4 rings (SSSR count). The van der Waals surface area contributed by atoms with Crippen LogP contribution >= 0.6 is 0 Å². The van der Waals surface area contributed by atoms with Gasteiger partial charge in [-0.1, -0.05) is 24.2 Å². The molecule has 0 radical (unpaired) electrons. The first-order valence-corrected chi connectivity index (χ1v) is 11.0. The van der Waals surface area contributed by atoms with E-state index in [0.717, 1.165) is 17.8 Å². The Labute approximate surface area is 193 Å². The lowest BCUT2D eigenvalue weighted by molar-refractivity contribution is 0.0116. The number of aromatic nitrogens is 2. The molecule has 0 atom stereocenters. The number of carbonyl (C=O) groups is 2. The number of ether oxygens (including phenoxy) is 1. The topological polar surface area (TPSA) is 92.5 Å². The van der Waals surface area contributed by atoms with Crippen LogP contribution in [0.15, 0.2) is 35.7 Å². The second kappa shape index (κ2) is 8.76. The third kappa shape index (κ3) is 4.50. The van der Waals surface area contributed by atoms with Gasteiger partial charge >= 0.3 is 6.09 Å². The minimum absolute atomic E-state index is 0.0548. The molecule has 1 aromatic heterocycles. The Morgan fingerprint density at radius 3 is 2.76 bits per heavy atom. The number of amidine groups is 1. The van der Waals surface area contributed by atoms with Crippen LogP contribution in [0.25, 0.3) is 5.69 Å². The van der Waals surface area contributed by atoms with Crippen molar-refractivity contribution in [2.24, 2.45) is 5.16 Å². The van der Waals surface area contributed by atoms with Gasteiger partial charge in [0.1, 0.15) is 24.3 Å². The normalized spacial score (nSPS) is 15.4. The van der Waals surface area contributed by atoms with Crippen LogP contribution in [0, 0.1) is 0 Å². The molecule has 2 aliphatic rings. The first-order valence-electron chi connectivity index (χ1n) is 11.0. The summed E-state index contributed by atoms with van der Waals surface area (Å²) < 4.78 is 7.50. The molecular formula is C23H30N6O4. The highest BCUT2D eigenvalue weighted by atomic mass is 16.7. The summed E-state index contributed by atoms with van der Waals surface area (Å²) in [6, 6.07) is 7.46. The number of oxime groups is 1. The number of fused-ring (bicyclic) bond motifs is 3. The summed E-state index contributed by atoms with van der Waals surface area (Å²) in [4.78, 5) is 40.8. The first-order chi connectivity index (χ1) is 15.7. The lowest BCUT2D eigenvalue weighted by Crippen LogP contribution is -2.45. The van der Waals surface area contributed by atoms with Crippen molar-refractivity contribution >= 4 is 17.8 Å². The molecule has 176 valence electrons. The van der Waals surface area contributed by atoms with E-state index in [1.54, 1.807) is 23.2 Å². The lowest BCUT2D eigenvalue weighted by Gasteiger charge is -2.30. The highest BCUT2D eigenvalue weighted by Gasteiger charge is 2.33. The van der Waals surface area contributed by atoms with Gasteiger partial charge in [-0.15, -0.1) is 0 Å². The summed E-state index contributed by atoms with van der Waals surface area (Å²) in [6.07, 6.45) is 2.09. The van der Waals surface area contributed by atoms with Crippen molar-refractivity contribution < 1.29 is 19.2 Å². The molecule has 3 heterocycles.